The molecule has 1 atom stereocenters. The third kappa shape index (κ3) is 3.99. The molecular formula is C17H20BrNO2. The van der Waals surface area contributed by atoms with E-state index in [0.29, 0.717) is 6.61 Å². The molecule has 0 aliphatic rings. The minimum Gasteiger partial charge on any atom is -0.490 e. The van der Waals surface area contributed by atoms with E-state index in [1.807, 2.05) is 50.4 Å². The number of para-hydroxylation sites is 2. The highest BCUT2D eigenvalue weighted by Gasteiger charge is 2.13. The molecule has 2 rings (SSSR count). The van der Waals surface area contributed by atoms with Gasteiger partial charge in [-0.2, -0.15) is 0 Å². The molecule has 0 radical (unpaired) electrons. The third-order valence-electron chi connectivity index (χ3n) is 3.24. The third-order valence-corrected chi connectivity index (χ3v) is 3.73. The van der Waals surface area contributed by atoms with Gasteiger partial charge in [-0.25, -0.2) is 0 Å². The molecule has 0 heterocycles. The summed E-state index contributed by atoms with van der Waals surface area (Å²) in [7, 11) is 1.93. The van der Waals surface area contributed by atoms with Crippen LogP contribution in [0.1, 0.15) is 25.5 Å². The molecule has 0 aliphatic carbocycles. The second kappa shape index (κ2) is 7.48. The molecule has 0 amide bonds. The lowest BCUT2D eigenvalue weighted by atomic mass is 10.1. The Kier molecular flexibility index (Phi) is 5.65. The van der Waals surface area contributed by atoms with Crippen molar-refractivity contribution in [1.82, 2.24) is 5.32 Å². The van der Waals surface area contributed by atoms with Crippen LogP contribution in [0.25, 0.3) is 0 Å². The first-order chi connectivity index (χ1) is 10.2. The van der Waals surface area contributed by atoms with Crippen molar-refractivity contribution in [1.29, 1.82) is 0 Å². The Morgan fingerprint density at radius 2 is 1.81 bits per heavy atom. The van der Waals surface area contributed by atoms with Crippen LogP contribution in [0, 0.1) is 0 Å². The zero-order valence-corrected chi connectivity index (χ0v) is 14.1. The molecule has 0 aliphatic heterocycles. The smallest absolute Gasteiger partial charge is 0.169 e. The van der Waals surface area contributed by atoms with Gasteiger partial charge in [-0.1, -0.05) is 28.1 Å². The van der Waals surface area contributed by atoms with Gasteiger partial charge in [-0.05, 0) is 51.2 Å². The van der Waals surface area contributed by atoms with Gasteiger partial charge in [0.1, 0.15) is 5.75 Å². The van der Waals surface area contributed by atoms with Gasteiger partial charge < -0.3 is 14.8 Å². The minimum atomic E-state index is 0.191. The van der Waals surface area contributed by atoms with E-state index in [1.54, 1.807) is 0 Å². The van der Waals surface area contributed by atoms with Gasteiger partial charge in [0.05, 0.1) is 6.61 Å². The Bertz CT molecular complexity index is 601. The van der Waals surface area contributed by atoms with E-state index in [0.717, 1.165) is 27.3 Å². The van der Waals surface area contributed by atoms with Crippen molar-refractivity contribution in [2.45, 2.75) is 19.9 Å². The first kappa shape index (κ1) is 15.9. The predicted molar refractivity (Wildman–Crippen MR) is 89.3 cm³/mol. The van der Waals surface area contributed by atoms with E-state index < -0.39 is 0 Å². The molecule has 1 N–H and O–H groups in total. The highest BCUT2D eigenvalue weighted by molar-refractivity contribution is 9.10. The van der Waals surface area contributed by atoms with E-state index in [4.69, 9.17) is 9.47 Å². The quantitative estimate of drug-likeness (QED) is 0.802. The van der Waals surface area contributed by atoms with Gasteiger partial charge in [0.15, 0.2) is 11.5 Å². The van der Waals surface area contributed by atoms with Crippen molar-refractivity contribution >= 4 is 15.9 Å². The largest absolute Gasteiger partial charge is 0.490 e. The summed E-state index contributed by atoms with van der Waals surface area (Å²) < 4.78 is 12.7. The molecule has 4 heteroatoms. The lowest BCUT2D eigenvalue weighted by molar-refractivity contribution is 0.320. The standard InChI is InChI=1S/C17H20BrNO2/c1-4-20-16-7-5-6-8-17(16)21-15-10-9-13(18)11-14(15)12(2)19-3/h5-12,19H,4H2,1-3H3. The number of benzene rings is 2. The van der Waals surface area contributed by atoms with Crippen LogP contribution in [0.2, 0.25) is 0 Å². The Labute approximate surface area is 134 Å². The van der Waals surface area contributed by atoms with Gasteiger partial charge in [-0.3, -0.25) is 0 Å². The summed E-state index contributed by atoms with van der Waals surface area (Å²) in [6.45, 7) is 4.68. The summed E-state index contributed by atoms with van der Waals surface area (Å²) >= 11 is 3.51. The summed E-state index contributed by atoms with van der Waals surface area (Å²) in [5.74, 6) is 2.31. The first-order valence-electron chi connectivity index (χ1n) is 7.02. The summed E-state index contributed by atoms with van der Waals surface area (Å²) in [6.07, 6.45) is 0. The van der Waals surface area contributed by atoms with E-state index >= 15 is 0 Å². The number of hydrogen-bond donors (Lipinski definition) is 1. The zero-order valence-electron chi connectivity index (χ0n) is 12.5. The molecule has 1 unspecified atom stereocenters. The topological polar surface area (TPSA) is 30.5 Å². The van der Waals surface area contributed by atoms with Gasteiger partial charge in [0.2, 0.25) is 0 Å². The molecule has 0 saturated heterocycles. The molecule has 112 valence electrons. The van der Waals surface area contributed by atoms with E-state index in [1.165, 1.54) is 0 Å². The molecule has 21 heavy (non-hydrogen) atoms. The van der Waals surface area contributed by atoms with Gasteiger partial charge >= 0.3 is 0 Å². The molecule has 0 bridgehead atoms. The number of rotatable bonds is 6. The number of ether oxygens (including phenoxy) is 2. The van der Waals surface area contributed by atoms with Crippen molar-refractivity contribution in [2.75, 3.05) is 13.7 Å². The first-order valence-corrected chi connectivity index (χ1v) is 7.81. The lowest BCUT2D eigenvalue weighted by Crippen LogP contribution is -2.13. The predicted octanol–water partition coefficient (Wildman–Crippen LogP) is 4.92. The lowest BCUT2D eigenvalue weighted by Gasteiger charge is -2.18. The Hall–Kier alpha value is -1.52. The molecule has 0 spiro atoms. The summed E-state index contributed by atoms with van der Waals surface area (Å²) in [4.78, 5) is 0. The summed E-state index contributed by atoms with van der Waals surface area (Å²) in [5, 5.41) is 3.24. The maximum Gasteiger partial charge on any atom is 0.169 e. The molecule has 0 saturated carbocycles. The van der Waals surface area contributed by atoms with Crippen LogP contribution in [0.3, 0.4) is 0 Å². The summed E-state index contributed by atoms with van der Waals surface area (Å²) in [6, 6.07) is 13.9. The molecule has 2 aromatic rings. The Morgan fingerprint density at radius 1 is 1.10 bits per heavy atom. The van der Waals surface area contributed by atoms with Crippen molar-refractivity contribution in [3.8, 4) is 17.2 Å². The Morgan fingerprint density at radius 3 is 2.48 bits per heavy atom. The van der Waals surface area contributed by atoms with E-state index in [9.17, 15) is 0 Å². The molecular weight excluding hydrogens is 330 g/mol. The fourth-order valence-corrected chi connectivity index (χ4v) is 2.41. The second-order valence-electron chi connectivity index (χ2n) is 4.67. The molecule has 2 aromatic carbocycles. The fourth-order valence-electron chi connectivity index (χ4n) is 2.03. The van der Waals surface area contributed by atoms with Crippen molar-refractivity contribution in [3.63, 3.8) is 0 Å². The van der Waals surface area contributed by atoms with E-state index in [2.05, 4.69) is 34.2 Å². The van der Waals surface area contributed by atoms with Gasteiger partial charge in [0.25, 0.3) is 0 Å². The van der Waals surface area contributed by atoms with Crippen molar-refractivity contribution < 1.29 is 9.47 Å². The van der Waals surface area contributed by atoms with Crippen LogP contribution in [0.4, 0.5) is 0 Å². The van der Waals surface area contributed by atoms with Crippen LogP contribution in [0.5, 0.6) is 17.2 Å². The highest BCUT2D eigenvalue weighted by Crippen LogP contribution is 2.36. The van der Waals surface area contributed by atoms with Gasteiger partial charge in [0, 0.05) is 16.1 Å². The average molecular weight is 350 g/mol. The minimum absolute atomic E-state index is 0.191. The SMILES string of the molecule is CCOc1ccccc1Oc1ccc(Br)cc1C(C)NC. The van der Waals surface area contributed by atoms with Crippen molar-refractivity contribution in [3.05, 3.63) is 52.5 Å². The second-order valence-corrected chi connectivity index (χ2v) is 5.59. The molecule has 3 nitrogen and oxygen atoms in total. The van der Waals surface area contributed by atoms with Crippen LogP contribution in [0.15, 0.2) is 46.9 Å². The molecule has 0 aromatic heterocycles. The number of hydrogen-bond acceptors (Lipinski definition) is 3. The van der Waals surface area contributed by atoms with E-state index in [-0.39, 0.29) is 6.04 Å². The molecule has 0 fully saturated rings. The number of nitrogens with one attached hydrogen (secondary N) is 1. The van der Waals surface area contributed by atoms with Crippen LogP contribution in [-0.4, -0.2) is 13.7 Å². The van der Waals surface area contributed by atoms with Crippen LogP contribution < -0.4 is 14.8 Å². The van der Waals surface area contributed by atoms with Crippen LogP contribution in [-0.2, 0) is 0 Å². The van der Waals surface area contributed by atoms with Gasteiger partial charge in [-0.15, -0.1) is 0 Å². The normalized spacial score (nSPS) is 12.0. The average Bonchev–Trinajstić information content (AvgIpc) is 2.50. The van der Waals surface area contributed by atoms with Crippen molar-refractivity contribution in [2.24, 2.45) is 0 Å². The highest BCUT2D eigenvalue weighted by atomic mass is 79.9. The monoisotopic (exact) mass is 349 g/mol. The Balaban J connectivity index is 2.35. The fraction of sp³-hybridized carbons (Fsp3) is 0.294. The maximum atomic E-state index is 6.09. The maximum absolute atomic E-state index is 6.09. The number of halogens is 1. The van der Waals surface area contributed by atoms with Crippen LogP contribution >= 0.6 is 15.9 Å². The summed E-state index contributed by atoms with van der Waals surface area (Å²) in [5.41, 5.74) is 1.10. The zero-order chi connectivity index (χ0) is 15.2.